The molecule has 0 amide bonds. The molecule has 190 valence electrons. The molecule has 6 rings (SSSR count). The maximum Gasteiger partial charge on any atom is 1.00 e. The minimum absolute atomic E-state index is 0. The van der Waals surface area contributed by atoms with E-state index in [4.69, 9.17) is 18.1 Å². The molecule has 4 nitrogen and oxygen atoms in total. The fourth-order valence-corrected chi connectivity index (χ4v) is 5.58. The summed E-state index contributed by atoms with van der Waals surface area (Å²) in [6.07, 6.45) is 0. The molecule has 0 spiro atoms. The Morgan fingerprint density at radius 3 is 1.29 bits per heavy atom. The molecule has 0 aliphatic carbocycles. The van der Waals surface area contributed by atoms with Crippen LogP contribution in [0.4, 0.5) is 0 Å². The van der Waals surface area contributed by atoms with E-state index in [1.807, 2.05) is 36.4 Å². The van der Waals surface area contributed by atoms with Gasteiger partial charge >= 0.3 is 25.4 Å². The van der Waals surface area contributed by atoms with Gasteiger partial charge in [-0.1, -0.05) is 72.8 Å². The van der Waals surface area contributed by atoms with Crippen LogP contribution in [0.1, 0.15) is 43.0 Å². The van der Waals surface area contributed by atoms with Crippen molar-refractivity contribution in [1.82, 2.24) is 0 Å². The first kappa shape index (κ1) is 26.7. The van der Waals surface area contributed by atoms with Crippen LogP contribution in [0.5, 0.6) is 0 Å². The van der Waals surface area contributed by atoms with Crippen molar-refractivity contribution in [3.63, 3.8) is 0 Å². The molecular weight excluding hydrogens is 466 g/mol. The van der Waals surface area contributed by atoms with Crippen LogP contribution in [0.15, 0.2) is 93.8 Å². The van der Waals surface area contributed by atoms with E-state index in [1.165, 1.54) is 0 Å². The van der Waals surface area contributed by atoms with Crippen LogP contribution in [0, 0.1) is 0 Å². The van der Waals surface area contributed by atoms with Gasteiger partial charge in [0, 0.05) is 32.7 Å². The molecule has 4 aromatic carbocycles. The number of hydrogen-bond donors (Lipinski definition) is 0. The zero-order chi connectivity index (χ0) is 26.0. The molecular formula is C32H33BLiO4-. The monoisotopic (exact) mass is 499 g/mol. The molecule has 6 heteroatoms. The van der Waals surface area contributed by atoms with Gasteiger partial charge in [-0.3, -0.25) is 0 Å². The number of furan rings is 2. The summed E-state index contributed by atoms with van der Waals surface area (Å²) in [6.45, 7) is 10.1. The third kappa shape index (κ3) is 4.48. The van der Waals surface area contributed by atoms with Gasteiger partial charge < -0.3 is 19.6 Å². The normalized spacial score (nSPS) is 13.0. The summed E-state index contributed by atoms with van der Waals surface area (Å²) >= 11 is 0. The number of para-hydroxylation sites is 4. The molecule has 0 saturated heterocycles. The van der Waals surface area contributed by atoms with E-state index in [1.54, 1.807) is 0 Å². The van der Waals surface area contributed by atoms with Crippen LogP contribution in [0.2, 0.25) is 0 Å². The second-order valence-electron chi connectivity index (χ2n) is 11.8. The first-order valence-electron chi connectivity index (χ1n) is 12.9. The van der Waals surface area contributed by atoms with Crippen molar-refractivity contribution in [1.29, 1.82) is 0 Å². The summed E-state index contributed by atoms with van der Waals surface area (Å²) in [5.41, 5.74) is 3.88. The molecule has 2 heterocycles. The van der Waals surface area contributed by atoms with E-state index < -0.39 is 17.8 Å². The molecule has 0 bridgehead atoms. The quantitative estimate of drug-likeness (QED) is 0.328. The molecule has 0 radical (unpaired) electrons. The molecule has 0 aliphatic rings. The fraction of sp³-hybridized carbons (Fsp3) is 0.250. The van der Waals surface area contributed by atoms with Crippen LogP contribution in [-0.4, -0.2) is 17.8 Å². The Labute approximate surface area is 236 Å². The van der Waals surface area contributed by atoms with E-state index in [0.717, 1.165) is 54.8 Å². The van der Waals surface area contributed by atoms with E-state index in [2.05, 4.69) is 90.1 Å². The van der Waals surface area contributed by atoms with Crippen LogP contribution in [0.25, 0.3) is 43.9 Å². The number of benzene rings is 4. The van der Waals surface area contributed by atoms with Crippen molar-refractivity contribution < 1.29 is 38.4 Å². The van der Waals surface area contributed by atoms with Crippen LogP contribution in [0.3, 0.4) is 0 Å². The second-order valence-corrected chi connectivity index (χ2v) is 11.8. The molecule has 38 heavy (non-hydrogen) atoms. The Balaban J connectivity index is 0.00000176. The van der Waals surface area contributed by atoms with E-state index in [9.17, 15) is 0 Å². The maximum atomic E-state index is 7.10. The molecule has 0 N–H and O–H groups in total. The van der Waals surface area contributed by atoms with E-state index in [0.29, 0.717) is 0 Å². The topological polar surface area (TPSA) is 44.7 Å². The standard InChI is InChI=1S/C32H32BO4.Li.H/c1-31(2,3)36-33(37-32(4,5)6,25-17-11-15-23-21-13-7-9-19-27(21)34-29(23)25)26-18-12-16-24-22-14-8-10-20-28(22)35-30(24)26;;/h7-20H,1-6H3;;/q-1;+1;-1. The largest absolute Gasteiger partial charge is 1.00 e. The first-order valence-corrected chi connectivity index (χ1v) is 12.9. The maximum absolute atomic E-state index is 7.10. The van der Waals surface area contributed by atoms with Gasteiger partial charge in [0.15, 0.2) is 0 Å². The third-order valence-electron chi connectivity index (χ3n) is 6.73. The van der Waals surface area contributed by atoms with Crippen molar-refractivity contribution in [2.45, 2.75) is 52.7 Å². The first-order chi connectivity index (χ1) is 17.6. The van der Waals surface area contributed by atoms with Crippen LogP contribution >= 0.6 is 0 Å². The van der Waals surface area contributed by atoms with Gasteiger partial charge in [0.1, 0.15) is 22.3 Å². The number of hydrogen-bond acceptors (Lipinski definition) is 4. The van der Waals surface area contributed by atoms with Gasteiger partial charge in [-0.05, 0) is 53.7 Å². The Morgan fingerprint density at radius 1 is 0.526 bits per heavy atom. The Morgan fingerprint density at radius 2 is 0.895 bits per heavy atom. The summed E-state index contributed by atoms with van der Waals surface area (Å²) in [4.78, 5) is 0. The Hall–Kier alpha value is -2.94. The number of fused-ring (bicyclic) bond motifs is 6. The third-order valence-corrected chi connectivity index (χ3v) is 6.73. The Kier molecular flexibility index (Phi) is 6.57. The summed E-state index contributed by atoms with van der Waals surface area (Å²) in [5.74, 6) is 0. The zero-order valence-corrected chi connectivity index (χ0v) is 23.3. The Bertz CT molecular complexity index is 1640. The van der Waals surface area contributed by atoms with Crippen molar-refractivity contribution in [3.05, 3.63) is 84.9 Å². The molecule has 0 aliphatic heterocycles. The summed E-state index contributed by atoms with van der Waals surface area (Å²) < 4.78 is 27.3. The SMILES string of the molecule is CC(C)(C)O[B-](OC(C)(C)C)(c1cccc2c1oc1ccccc12)c1cccc2c1oc1ccccc12.[H-].[Li+]. The smallest absolute Gasteiger partial charge is 1.00 e. The van der Waals surface area contributed by atoms with Gasteiger partial charge in [0.25, 0.3) is 0 Å². The molecule has 0 saturated carbocycles. The van der Waals surface area contributed by atoms with Crippen molar-refractivity contribution >= 4 is 61.4 Å². The molecule has 0 fully saturated rings. The second kappa shape index (κ2) is 9.36. The molecule has 0 unspecified atom stereocenters. The summed E-state index contributed by atoms with van der Waals surface area (Å²) in [6, 6.07) is 28.7. The van der Waals surface area contributed by atoms with Gasteiger partial charge in [-0.15, -0.1) is 10.9 Å². The minimum atomic E-state index is -2.28. The summed E-state index contributed by atoms with van der Waals surface area (Å²) in [5, 5.41) is 4.20. The van der Waals surface area contributed by atoms with Gasteiger partial charge in [0.05, 0.1) is 0 Å². The van der Waals surface area contributed by atoms with Gasteiger partial charge in [0.2, 0.25) is 0 Å². The minimum Gasteiger partial charge on any atom is -1.00 e. The summed E-state index contributed by atoms with van der Waals surface area (Å²) in [7, 11) is 0. The van der Waals surface area contributed by atoms with Crippen molar-refractivity contribution in [2.24, 2.45) is 0 Å². The van der Waals surface area contributed by atoms with Crippen LogP contribution in [-0.2, 0) is 9.31 Å². The zero-order valence-electron chi connectivity index (χ0n) is 24.3. The fourth-order valence-electron chi connectivity index (χ4n) is 5.58. The van der Waals surface area contributed by atoms with Gasteiger partial charge in [-0.25, -0.2) is 0 Å². The predicted molar refractivity (Wildman–Crippen MR) is 155 cm³/mol. The van der Waals surface area contributed by atoms with Gasteiger partial charge in [-0.2, -0.15) is 0 Å². The number of rotatable bonds is 4. The molecule has 6 aromatic rings. The molecule has 0 atom stereocenters. The van der Waals surface area contributed by atoms with Crippen LogP contribution < -0.4 is 29.8 Å². The predicted octanol–water partition coefficient (Wildman–Crippen LogP) is 4.79. The average molecular weight is 499 g/mol. The molecule has 2 aromatic heterocycles. The van der Waals surface area contributed by atoms with E-state index in [-0.39, 0.29) is 20.3 Å². The average Bonchev–Trinajstić information content (AvgIpc) is 3.40. The van der Waals surface area contributed by atoms with Crippen molar-refractivity contribution in [3.8, 4) is 0 Å². The van der Waals surface area contributed by atoms with Crippen molar-refractivity contribution in [2.75, 3.05) is 0 Å². The van der Waals surface area contributed by atoms with E-state index >= 15 is 0 Å².